The highest BCUT2D eigenvalue weighted by Crippen LogP contribution is 2.44. The lowest BCUT2D eigenvalue weighted by molar-refractivity contribution is 0.0697. The fraction of sp³-hybridized carbons (Fsp3) is 0.281. The van der Waals surface area contributed by atoms with Gasteiger partial charge in [0.15, 0.2) is 5.11 Å². The zero-order valence-corrected chi connectivity index (χ0v) is 23.4. The molecule has 1 aliphatic carbocycles. The van der Waals surface area contributed by atoms with Gasteiger partial charge >= 0.3 is 5.97 Å². The van der Waals surface area contributed by atoms with Crippen LogP contribution in [0.1, 0.15) is 70.8 Å². The largest absolute Gasteiger partial charge is 0.490 e. The minimum Gasteiger partial charge on any atom is -0.490 e. The summed E-state index contributed by atoms with van der Waals surface area (Å²) >= 11 is 5.93. The highest BCUT2D eigenvalue weighted by Gasteiger charge is 2.42. The van der Waals surface area contributed by atoms with E-state index in [-0.39, 0.29) is 17.6 Å². The van der Waals surface area contributed by atoms with E-state index in [2.05, 4.69) is 51.8 Å². The van der Waals surface area contributed by atoms with Crippen LogP contribution in [0, 0.1) is 13.8 Å². The summed E-state index contributed by atoms with van der Waals surface area (Å²) in [6, 6.07) is 23.0. The van der Waals surface area contributed by atoms with E-state index in [1.807, 2.05) is 48.7 Å². The lowest BCUT2D eigenvalue weighted by Crippen LogP contribution is -2.29. The molecule has 0 bridgehead atoms. The molecule has 2 aromatic heterocycles. The van der Waals surface area contributed by atoms with Crippen molar-refractivity contribution in [1.29, 1.82) is 0 Å². The van der Waals surface area contributed by atoms with Crippen LogP contribution in [0.5, 0.6) is 5.75 Å². The Morgan fingerprint density at radius 2 is 1.70 bits per heavy atom. The van der Waals surface area contributed by atoms with Crippen molar-refractivity contribution >= 4 is 29.0 Å². The van der Waals surface area contributed by atoms with E-state index < -0.39 is 5.97 Å². The van der Waals surface area contributed by atoms with Crippen molar-refractivity contribution in [3.63, 3.8) is 0 Å². The zero-order chi connectivity index (χ0) is 27.8. The minimum absolute atomic E-state index is 0.151. The Bertz CT molecular complexity index is 1530. The highest BCUT2D eigenvalue weighted by atomic mass is 32.1. The van der Waals surface area contributed by atoms with E-state index in [4.69, 9.17) is 17.0 Å². The zero-order valence-electron chi connectivity index (χ0n) is 22.6. The molecule has 3 heterocycles. The summed E-state index contributed by atoms with van der Waals surface area (Å²) in [6.45, 7) is 4.17. The smallest absolute Gasteiger partial charge is 0.335 e. The molecule has 8 heteroatoms. The fourth-order valence-electron chi connectivity index (χ4n) is 6.07. The number of aromatic nitrogens is 2. The molecule has 1 aliphatic heterocycles. The highest BCUT2D eigenvalue weighted by molar-refractivity contribution is 7.80. The van der Waals surface area contributed by atoms with Crippen molar-refractivity contribution in [1.82, 2.24) is 14.9 Å². The molecule has 2 aliphatic rings. The van der Waals surface area contributed by atoms with Crippen LogP contribution in [0.15, 0.2) is 79.0 Å². The van der Waals surface area contributed by atoms with Gasteiger partial charge in [-0.3, -0.25) is 4.98 Å². The number of ether oxygens (including phenoxy) is 1. The summed E-state index contributed by atoms with van der Waals surface area (Å²) in [5, 5.41) is 13.5. The number of pyridine rings is 1. The Labute approximate surface area is 239 Å². The second-order valence-electron chi connectivity index (χ2n) is 10.5. The predicted molar refractivity (Wildman–Crippen MR) is 159 cm³/mol. The second-order valence-corrected chi connectivity index (χ2v) is 10.9. The molecule has 2 fully saturated rings. The first-order valence-electron chi connectivity index (χ1n) is 13.7. The van der Waals surface area contributed by atoms with Crippen LogP contribution in [0.2, 0.25) is 0 Å². The molecule has 204 valence electrons. The van der Waals surface area contributed by atoms with Gasteiger partial charge in [0.25, 0.3) is 0 Å². The van der Waals surface area contributed by atoms with Gasteiger partial charge < -0.3 is 24.6 Å². The van der Waals surface area contributed by atoms with E-state index in [1.54, 1.807) is 12.1 Å². The second kappa shape index (κ2) is 10.8. The number of rotatable bonds is 7. The third-order valence-corrected chi connectivity index (χ3v) is 8.29. The van der Waals surface area contributed by atoms with Gasteiger partial charge in [-0.15, -0.1) is 0 Å². The first-order valence-corrected chi connectivity index (χ1v) is 14.1. The molecule has 1 saturated carbocycles. The topological polar surface area (TPSA) is 79.6 Å². The average Bonchev–Trinajstić information content (AvgIpc) is 3.67. The molecule has 40 heavy (non-hydrogen) atoms. The molecule has 4 aromatic rings. The maximum atomic E-state index is 11.4. The number of aromatic carboxylic acids is 1. The number of nitrogens with one attached hydrogen (secondary N) is 1. The summed E-state index contributed by atoms with van der Waals surface area (Å²) in [4.78, 5) is 18.3. The minimum atomic E-state index is -0.938. The SMILES string of the molecule is Cc1cc(C2C(c3ccccn3)NC(=S)N2c2ccc(OC3CCCC3)cc2)c(C)n1-c1ccc(C(=O)O)cc1. The normalized spacial score (nSPS) is 19.1. The van der Waals surface area contributed by atoms with Gasteiger partial charge in [-0.25, -0.2) is 4.79 Å². The van der Waals surface area contributed by atoms with Crippen molar-refractivity contribution in [2.75, 3.05) is 4.90 Å². The van der Waals surface area contributed by atoms with Crippen molar-refractivity contribution in [2.45, 2.75) is 57.7 Å². The van der Waals surface area contributed by atoms with Crippen LogP contribution < -0.4 is 15.0 Å². The number of carboxylic acids is 1. The summed E-state index contributed by atoms with van der Waals surface area (Å²) < 4.78 is 8.38. The van der Waals surface area contributed by atoms with E-state index in [0.29, 0.717) is 11.2 Å². The lowest BCUT2D eigenvalue weighted by atomic mass is 9.96. The Morgan fingerprint density at radius 1 is 1.00 bits per heavy atom. The number of carbonyl (C=O) groups is 1. The Kier molecular flexibility index (Phi) is 7.02. The average molecular weight is 553 g/mol. The maximum absolute atomic E-state index is 11.4. The van der Waals surface area contributed by atoms with E-state index in [1.165, 1.54) is 12.8 Å². The van der Waals surface area contributed by atoms with Gasteiger partial charge in [0.2, 0.25) is 0 Å². The number of anilines is 1. The summed E-state index contributed by atoms with van der Waals surface area (Å²) in [5.74, 6) is -0.0539. The van der Waals surface area contributed by atoms with Gasteiger partial charge in [0, 0.05) is 29.0 Å². The van der Waals surface area contributed by atoms with E-state index in [0.717, 1.165) is 52.6 Å². The number of hydrogen-bond donors (Lipinski definition) is 2. The first-order chi connectivity index (χ1) is 19.4. The number of benzene rings is 2. The van der Waals surface area contributed by atoms with Crippen LogP contribution >= 0.6 is 12.2 Å². The van der Waals surface area contributed by atoms with E-state index in [9.17, 15) is 9.90 Å². The number of aryl methyl sites for hydroxylation is 1. The Balaban J connectivity index is 1.40. The lowest BCUT2D eigenvalue weighted by Gasteiger charge is -2.28. The number of hydrogen-bond acceptors (Lipinski definition) is 4. The molecule has 2 atom stereocenters. The quantitative estimate of drug-likeness (QED) is 0.247. The standard InChI is InChI=1S/C32H32N4O3S/c1-20-19-27(21(2)35(20)23-12-10-22(11-13-23)31(37)38)30-29(28-9-5-6-18-33-28)34-32(40)36(30)24-14-16-26(17-15-24)39-25-7-3-4-8-25/h5-6,9-19,25,29-30H,3-4,7-8H2,1-2H3,(H,34,40)(H,37,38). The van der Waals surface area contributed by atoms with Crippen LogP contribution in [0.3, 0.4) is 0 Å². The van der Waals surface area contributed by atoms with Crippen molar-refractivity contribution < 1.29 is 14.6 Å². The summed E-state index contributed by atoms with van der Waals surface area (Å²) in [6.07, 6.45) is 6.80. The molecule has 0 amide bonds. The molecule has 0 spiro atoms. The molecule has 2 aromatic carbocycles. The van der Waals surface area contributed by atoms with Crippen LogP contribution in [-0.2, 0) is 0 Å². The van der Waals surface area contributed by atoms with Crippen LogP contribution in [0.4, 0.5) is 5.69 Å². The van der Waals surface area contributed by atoms with Crippen LogP contribution in [-0.4, -0.2) is 31.8 Å². The van der Waals surface area contributed by atoms with Gasteiger partial charge in [0.1, 0.15) is 5.75 Å². The van der Waals surface area contributed by atoms with Gasteiger partial charge in [-0.05, 0) is 124 Å². The maximum Gasteiger partial charge on any atom is 0.335 e. The van der Waals surface area contributed by atoms with Crippen molar-refractivity contribution in [2.24, 2.45) is 0 Å². The fourth-order valence-corrected chi connectivity index (χ4v) is 6.42. The third kappa shape index (κ3) is 4.84. The predicted octanol–water partition coefficient (Wildman–Crippen LogP) is 6.69. The van der Waals surface area contributed by atoms with Crippen molar-refractivity contribution in [3.05, 3.63) is 107 Å². The molecule has 6 rings (SSSR count). The molecule has 2 N–H and O–H groups in total. The van der Waals surface area contributed by atoms with E-state index >= 15 is 0 Å². The Hall–Kier alpha value is -4.17. The third-order valence-electron chi connectivity index (χ3n) is 7.98. The summed E-state index contributed by atoms with van der Waals surface area (Å²) in [7, 11) is 0. The number of nitrogens with zero attached hydrogens (tertiary/aromatic N) is 3. The van der Waals surface area contributed by atoms with Gasteiger partial charge in [-0.2, -0.15) is 0 Å². The summed E-state index contributed by atoms with van der Waals surface area (Å²) in [5.41, 5.74) is 6.30. The molecule has 0 radical (unpaired) electrons. The van der Waals surface area contributed by atoms with Gasteiger partial charge in [0.05, 0.1) is 29.4 Å². The molecule has 2 unspecified atom stereocenters. The number of carboxylic acid groups (broad SMARTS) is 1. The van der Waals surface area contributed by atoms with Crippen molar-refractivity contribution in [3.8, 4) is 11.4 Å². The Morgan fingerprint density at radius 3 is 2.35 bits per heavy atom. The van der Waals surface area contributed by atoms with Crippen LogP contribution in [0.25, 0.3) is 5.69 Å². The molecule has 7 nitrogen and oxygen atoms in total. The monoisotopic (exact) mass is 552 g/mol. The molecular formula is C32H32N4O3S. The van der Waals surface area contributed by atoms with Gasteiger partial charge in [-0.1, -0.05) is 6.07 Å². The molecule has 1 saturated heterocycles. The molecular weight excluding hydrogens is 520 g/mol. The number of thiocarbonyl (C=S) groups is 1. The first kappa shape index (κ1) is 26.1.